The van der Waals surface area contributed by atoms with Crippen LogP contribution in [0.25, 0.3) is 0 Å². The minimum absolute atomic E-state index is 0.307. The van der Waals surface area contributed by atoms with Gasteiger partial charge in [0.1, 0.15) is 0 Å². The minimum Gasteiger partial charge on any atom is -0.338 e. The number of rotatable bonds is 6. The van der Waals surface area contributed by atoms with Gasteiger partial charge in [-0.25, -0.2) is 0 Å². The van der Waals surface area contributed by atoms with Crippen LogP contribution in [0.4, 0.5) is 0 Å². The zero-order chi connectivity index (χ0) is 12.4. The van der Waals surface area contributed by atoms with Gasteiger partial charge in [0.2, 0.25) is 5.89 Å². The van der Waals surface area contributed by atoms with Crippen LogP contribution >= 0.6 is 0 Å². The molecule has 18 heavy (non-hydrogen) atoms. The summed E-state index contributed by atoms with van der Waals surface area (Å²) in [7, 11) is 0. The van der Waals surface area contributed by atoms with Gasteiger partial charge in [-0.1, -0.05) is 5.16 Å². The molecule has 0 aliphatic heterocycles. The third-order valence-corrected chi connectivity index (χ3v) is 3.05. The Hall–Kier alpha value is -1.69. The molecule has 1 saturated carbocycles. The van der Waals surface area contributed by atoms with Crippen LogP contribution in [-0.4, -0.2) is 26.0 Å². The first kappa shape index (κ1) is 11.4. The zero-order valence-corrected chi connectivity index (χ0v) is 10.4. The molecule has 1 N–H and O–H groups in total. The van der Waals surface area contributed by atoms with Crippen LogP contribution < -0.4 is 5.32 Å². The predicted molar refractivity (Wildman–Crippen MR) is 64.8 cm³/mol. The molecular weight excluding hydrogens is 230 g/mol. The quantitative estimate of drug-likeness (QED) is 0.833. The Bertz CT molecular complexity index is 488. The molecule has 6 nitrogen and oxygen atoms in total. The maximum Gasteiger partial charge on any atom is 0.240 e. The van der Waals surface area contributed by atoms with Crippen molar-refractivity contribution in [2.45, 2.75) is 44.8 Å². The first-order valence-corrected chi connectivity index (χ1v) is 6.34. The molecule has 2 heterocycles. The lowest BCUT2D eigenvalue weighted by molar-refractivity contribution is 0.347. The number of aromatic nitrogens is 4. The van der Waals surface area contributed by atoms with Crippen molar-refractivity contribution in [2.75, 3.05) is 0 Å². The Labute approximate surface area is 105 Å². The Morgan fingerprint density at radius 3 is 3.17 bits per heavy atom. The Morgan fingerprint density at radius 2 is 2.44 bits per heavy atom. The number of hydrogen-bond donors (Lipinski definition) is 1. The van der Waals surface area contributed by atoms with Crippen LogP contribution in [0.2, 0.25) is 0 Å². The largest absolute Gasteiger partial charge is 0.338 e. The second-order valence-electron chi connectivity index (χ2n) is 4.83. The highest BCUT2D eigenvalue weighted by Gasteiger charge is 2.28. The lowest BCUT2D eigenvalue weighted by Crippen LogP contribution is -2.30. The van der Waals surface area contributed by atoms with Crippen molar-refractivity contribution in [3.05, 3.63) is 30.2 Å². The van der Waals surface area contributed by atoms with E-state index >= 15 is 0 Å². The van der Waals surface area contributed by atoms with Crippen molar-refractivity contribution in [1.29, 1.82) is 0 Å². The molecule has 1 aliphatic carbocycles. The van der Waals surface area contributed by atoms with E-state index in [0.29, 0.717) is 24.4 Å². The lowest BCUT2D eigenvalue weighted by atomic mass is 10.3. The highest BCUT2D eigenvalue weighted by atomic mass is 16.5. The molecule has 0 amide bonds. The van der Waals surface area contributed by atoms with Gasteiger partial charge < -0.3 is 9.84 Å². The number of nitrogens with one attached hydrogen (secondary N) is 1. The summed E-state index contributed by atoms with van der Waals surface area (Å²) in [6, 6.07) is 2.23. The van der Waals surface area contributed by atoms with E-state index in [9.17, 15) is 0 Å². The average Bonchev–Trinajstić information content (AvgIpc) is 2.90. The molecule has 0 bridgehead atoms. The summed E-state index contributed by atoms with van der Waals surface area (Å²) >= 11 is 0. The van der Waals surface area contributed by atoms with Gasteiger partial charge in [-0.2, -0.15) is 10.1 Å². The summed E-state index contributed by atoms with van der Waals surface area (Å²) in [5.41, 5.74) is 0. The summed E-state index contributed by atoms with van der Waals surface area (Å²) in [4.78, 5) is 4.38. The monoisotopic (exact) mass is 247 g/mol. The molecule has 2 aromatic rings. The van der Waals surface area contributed by atoms with E-state index in [-0.39, 0.29) is 0 Å². The topological polar surface area (TPSA) is 68.8 Å². The Kier molecular flexibility index (Phi) is 3.10. The van der Waals surface area contributed by atoms with Gasteiger partial charge in [-0.05, 0) is 25.8 Å². The Balaban J connectivity index is 1.47. The summed E-state index contributed by atoms with van der Waals surface area (Å²) in [6.07, 6.45) is 6.13. The predicted octanol–water partition coefficient (Wildman–Crippen LogP) is 1.32. The van der Waals surface area contributed by atoms with E-state index in [1.165, 1.54) is 12.8 Å². The van der Waals surface area contributed by atoms with Gasteiger partial charge in [0.05, 0.1) is 13.1 Å². The number of nitrogens with zero attached hydrogens (tertiary/aromatic N) is 4. The molecule has 0 saturated heterocycles. The molecule has 2 aromatic heterocycles. The van der Waals surface area contributed by atoms with Crippen LogP contribution in [-0.2, 0) is 13.1 Å². The first-order chi connectivity index (χ1) is 8.81. The normalized spacial score (nSPS) is 16.9. The van der Waals surface area contributed by atoms with Crippen molar-refractivity contribution in [1.82, 2.24) is 25.2 Å². The summed E-state index contributed by atoms with van der Waals surface area (Å²) in [5.74, 6) is 2.08. The molecule has 0 radical (unpaired) electrons. The third kappa shape index (κ3) is 2.76. The highest BCUT2D eigenvalue weighted by Crippen LogP contribution is 2.37. The van der Waals surface area contributed by atoms with Crippen molar-refractivity contribution in [3.8, 4) is 0 Å². The molecule has 1 atom stereocenters. The van der Waals surface area contributed by atoms with E-state index in [2.05, 4.69) is 27.5 Å². The van der Waals surface area contributed by atoms with Gasteiger partial charge in [0.25, 0.3) is 0 Å². The standard InChI is InChI=1S/C12H17N5O/c1-9(8-17-6-2-5-14-17)13-7-11-15-12(16-18-11)10-3-4-10/h2,5-6,9-10,13H,3-4,7-8H2,1H3. The van der Waals surface area contributed by atoms with Crippen LogP contribution in [0.3, 0.4) is 0 Å². The molecule has 3 rings (SSSR count). The van der Waals surface area contributed by atoms with Gasteiger partial charge >= 0.3 is 0 Å². The van der Waals surface area contributed by atoms with Gasteiger partial charge in [-0.3, -0.25) is 4.68 Å². The highest BCUT2D eigenvalue weighted by molar-refractivity contribution is 5.03. The Morgan fingerprint density at radius 1 is 1.56 bits per heavy atom. The molecule has 1 fully saturated rings. The molecule has 1 aliphatic rings. The van der Waals surface area contributed by atoms with Crippen molar-refractivity contribution in [3.63, 3.8) is 0 Å². The lowest BCUT2D eigenvalue weighted by Gasteiger charge is -2.11. The van der Waals surface area contributed by atoms with E-state index in [0.717, 1.165) is 12.4 Å². The summed E-state index contributed by atoms with van der Waals surface area (Å²) in [5, 5.41) is 11.5. The first-order valence-electron chi connectivity index (χ1n) is 6.34. The van der Waals surface area contributed by atoms with Crippen LogP contribution in [0.15, 0.2) is 23.0 Å². The van der Waals surface area contributed by atoms with Crippen molar-refractivity contribution in [2.24, 2.45) is 0 Å². The minimum atomic E-state index is 0.307. The fraction of sp³-hybridized carbons (Fsp3) is 0.583. The van der Waals surface area contributed by atoms with Gasteiger partial charge in [0.15, 0.2) is 5.82 Å². The zero-order valence-electron chi connectivity index (χ0n) is 10.4. The second-order valence-corrected chi connectivity index (χ2v) is 4.83. The van der Waals surface area contributed by atoms with Crippen LogP contribution in [0.5, 0.6) is 0 Å². The molecule has 6 heteroatoms. The van der Waals surface area contributed by atoms with Crippen molar-refractivity contribution >= 4 is 0 Å². The fourth-order valence-electron chi connectivity index (χ4n) is 1.86. The SMILES string of the molecule is CC(Cn1cccn1)NCc1nc(C2CC2)no1. The van der Waals surface area contributed by atoms with E-state index < -0.39 is 0 Å². The maximum absolute atomic E-state index is 5.21. The van der Waals surface area contributed by atoms with Crippen molar-refractivity contribution < 1.29 is 4.52 Å². The summed E-state index contributed by atoms with van der Waals surface area (Å²) < 4.78 is 7.11. The van der Waals surface area contributed by atoms with E-state index in [4.69, 9.17) is 4.52 Å². The van der Waals surface area contributed by atoms with E-state index in [1.807, 2.05) is 16.9 Å². The molecule has 1 unspecified atom stereocenters. The van der Waals surface area contributed by atoms with E-state index in [1.54, 1.807) is 6.20 Å². The van der Waals surface area contributed by atoms with Gasteiger partial charge in [0, 0.05) is 24.4 Å². The maximum atomic E-state index is 5.21. The van der Waals surface area contributed by atoms with Crippen LogP contribution in [0.1, 0.15) is 37.4 Å². The van der Waals surface area contributed by atoms with Crippen LogP contribution in [0, 0.1) is 0 Å². The average molecular weight is 247 g/mol. The molecular formula is C12H17N5O. The molecule has 0 aromatic carbocycles. The smallest absolute Gasteiger partial charge is 0.240 e. The third-order valence-electron chi connectivity index (χ3n) is 3.05. The fourth-order valence-corrected chi connectivity index (χ4v) is 1.86. The molecule has 0 spiro atoms. The molecule has 96 valence electrons. The second kappa shape index (κ2) is 4.89. The summed E-state index contributed by atoms with van der Waals surface area (Å²) in [6.45, 7) is 3.55. The number of hydrogen-bond acceptors (Lipinski definition) is 5. The van der Waals surface area contributed by atoms with Gasteiger partial charge in [-0.15, -0.1) is 0 Å².